The van der Waals surface area contributed by atoms with Crippen LogP contribution in [0.2, 0.25) is 0 Å². The summed E-state index contributed by atoms with van der Waals surface area (Å²) in [6.07, 6.45) is 6.37. The zero-order chi connectivity index (χ0) is 13.8. The van der Waals surface area contributed by atoms with Crippen molar-refractivity contribution in [1.82, 2.24) is 10.3 Å². The van der Waals surface area contributed by atoms with Gasteiger partial charge < -0.3 is 10.2 Å². The zero-order valence-corrected chi connectivity index (χ0v) is 13.3. The first-order valence-corrected chi connectivity index (χ1v) is 7.66. The van der Waals surface area contributed by atoms with E-state index in [1.165, 1.54) is 18.4 Å². The SMILES string of the molecule is C=CCN(c1ncc(Br)cc1CNC(C)C)C1CC1. The molecule has 2 rings (SSSR count). The Balaban J connectivity index is 2.23. The molecule has 0 radical (unpaired) electrons. The zero-order valence-electron chi connectivity index (χ0n) is 11.7. The maximum Gasteiger partial charge on any atom is 0.133 e. The molecule has 0 spiro atoms. The molecule has 1 heterocycles. The molecule has 0 bridgehead atoms. The van der Waals surface area contributed by atoms with E-state index in [0.717, 1.165) is 23.4 Å². The van der Waals surface area contributed by atoms with Crippen LogP contribution in [0.1, 0.15) is 32.3 Å². The fourth-order valence-electron chi connectivity index (χ4n) is 2.11. The highest BCUT2D eigenvalue weighted by atomic mass is 79.9. The van der Waals surface area contributed by atoms with E-state index in [4.69, 9.17) is 0 Å². The Hall–Kier alpha value is -0.870. The molecule has 0 atom stereocenters. The molecule has 4 heteroatoms. The molecule has 0 saturated heterocycles. The molecule has 1 fully saturated rings. The lowest BCUT2D eigenvalue weighted by molar-refractivity contribution is 0.586. The summed E-state index contributed by atoms with van der Waals surface area (Å²) in [5.74, 6) is 1.10. The maximum atomic E-state index is 4.63. The van der Waals surface area contributed by atoms with Crippen LogP contribution in [0.15, 0.2) is 29.4 Å². The lowest BCUT2D eigenvalue weighted by Crippen LogP contribution is -2.29. The Morgan fingerprint density at radius 1 is 1.58 bits per heavy atom. The van der Waals surface area contributed by atoms with Crippen LogP contribution in [0.4, 0.5) is 5.82 Å². The van der Waals surface area contributed by atoms with E-state index in [-0.39, 0.29) is 0 Å². The summed E-state index contributed by atoms with van der Waals surface area (Å²) in [7, 11) is 0. The molecule has 0 aliphatic heterocycles. The van der Waals surface area contributed by atoms with Gasteiger partial charge in [0, 0.05) is 41.4 Å². The number of pyridine rings is 1. The van der Waals surface area contributed by atoms with Crippen LogP contribution < -0.4 is 10.2 Å². The number of hydrogen-bond acceptors (Lipinski definition) is 3. The molecule has 1 aromatic rings. The van der Waals surface area contributed by atoms with E-state index in [2.05, 4.69) is 57.6 Å². The fourth-order valence-corrected chi connectivity index (χ4v) is 2.49. The van der Waals surface area contributed by atoms with E-state index in [1.54, 1.807) is 0 Å². The van der Waals surface area contributed by atoms with Crippen molar-refractivity contribution in [1.29, 1.82) is 0 Å². The third kappa shape index (κ3) is 4.05. The Morgan fingerprint density at radius 3 is 2.89 bits per heavy atom. The Labute approximate surface area is 124 Å². The average Bonchev–Trinajstić information content (AvgIpc) is 3.18. The highest BCUT2D eigenvalue weighted by Crippen LogP contribution is 2.33. The molecule has 19 heavy (non-hydrogen) atoms. The van der Waals surface area contributed by atoms with Gasteiger partial charge in [0.15, 0.2) is 0 Å². The molecule has 0 unspecified atom stereocenters. The van der Waals surface area contributed by atoms with E-state index in [1.807, 2.05) is 12.3 Å². The molecule has 1 aromatic heterocycles. The van der Waals surface area contributed by atoms with Gasteiger partial charge in [0.1, 0.15) is 5.82 Å². The second-order valence-electron chi connectivity index (χ2n) is 5.34. The predicted octanol–water partition coefficient (Wildman–Crippen LogP) is 3.50. The van der Waals surface area contributed by atoms with Crippen molar-refractivity contribution in [2.45, 2.75) is 45.3 Å². The van der Waals surface area contributed by atoms with E-state index < -0.39 is 0 Å². The lowest BCUT2D eigenvalue weighted by atomic mass is 10.2. The van der Waals surface area contributed by atoms with Crippen molar-refractivity contribution in [2.24, 2.45) is 0 Å². The number of hydrogen-bond donors (Lipinski definition) is 1. The maximum absolute atomic E-state index is 4.63. The van der Waals surface area contributed by atoms with Gasteiger partial charge >= 0.3 is 0 Å². The summed E-state index contributed by atoms with van der Waals surface area (Å²) >= 11 is 3.52. The minimum atomic E-state index is 0.473. The van der Waals surface area contributed by atoms with E-state index in [9.17, 15) is 0 Å². The highest BCUT2D eigenvalue weighted by Gasteiger charge is 2.30. The summed E-state index contributed by atoms with van der Waals surface area (Å²) in [5, 5.41) is 3.47. The van der Waals surface area contributed by atoms with Crippen molar-refractivity contribution in [3.05, 3.63) is 35.0 Å². The number of nitrogens with zero attached hydrogens (tertiary/aromatic N) is 2. The predicted molar refractivity (Wildman–Crippen MR) is 84.5 cm³/mol. The molecule has 1 aliphatic carbocycles. The average molecular weight is 324 g/mol. The Morgan fingerprint density at radius 2 is 2.32 bits per heavy atom. The number of halogens is 1. The lowest BCUT2D eigenvalue weighted by Gasteiger charge is -2.25. The topological polar surface area (TPSA) is 28.2 Å². The van der Waals surface area contributed by atoms with Crippen LogP contribution in [0.3, 0.4) is 0 Å². The second-order valence-corrected chi connectivity index (χ2v) is 6.26. The van der Waals surface area contributed by atoms with Gasteiger partial charge in [0.25, 0.3) is 0 Å². The van der Waals surface area contributed by atoms with Crippen molar-refractivity contribution in [2.75, 3.05) is 11.4 Å². The standard InChI is InChI=1S/C15H22BrN3/c1-4-7-19(14-5-6-14)15-12(9-17-11(2)3)8-13(16)10-18-15/h4,8,10-11,14,17H,1,5-7,9H2,2-3H3. The fraction of sp³-hybridized carbons (Fsp3) is 0.533. The molecule has 3 nitrogen and oxygen atoms in total. The molecule has 1 aliphatic rings. The van der Waals surface area contributed by atoms with Crippen molar-refractivity contribution in [3.8, 4) is 0 Å². The largest absolute Gasteiger partial charge is 0.350 e. The monoisotopic (exact) mass is 323 g/mol. The van der Waals surface area contributed by atoms with Crippen molar-refractivity contribution >= 4 is 21.7 Å². The molecular formula is C15H22BrN3. The minimum absolute atomic E-state index is 0.473. The Kier molecular flexibility index (Phi) is 4.99. The van der Waals surface area contributed by atoms with Crippen LogP contribution in [0, 0.1) is 0 Å². The smallest absolute Gasteiger partial charge is 0.133 e. The first kappa shape index (κ1) is 14.5. The summed E-state index contributed by atoms with van der Waals surface area (Å²) in [5.41, 5.74) is 1.25. The molecular weight excluding hydrogens is 302 g/mol. The number of anilines is 1. The summed E-state index contributed by atoms with van der Waals surface area (Å²) in [4.78, 5) is 7.00. The van der Waals surface area contributed by atoms with Crippen LogP contribution >= 0.6 is 15.9 Å². The molecule has 104 valence electrons. The van der Waals surface area contributed by atoms with Gasteiger partial charge in [-0.2, -0.15) is 0 Å². The van der Waals surface area contributed by atoms with Gasteiger partial charge in [-0.05, 0) is 34.8 Å². The van der Waals surface area contributed by atoms with Gasteiger partial charge in [0.05, 0.1) is 0 Å². The number of nitrogens with one attached hydrogen (secondary N) is 1. The normalized spacial score (nSPS) is 14.7. The van der Waals surface area contributed by atoms with Crippen LogP contribution in [0.25, 0.3) is 0 Å². The molecule has 1 saturated carbocycles. The van der Waals surface area contributed by atoms with Gasteiger partial charge in [-0.3, -0.25) is 0 Å². The van der Waals surface area contributed by atoms with Crippen LogP contribution in [-0.4, -0.2) is 23.6 Å². The van der Waals surface area contributed by atoms with Crippen LogP contribution in [-0.2, 0) is 6.54 Å². The molecule has 1 N–H and O–H groups in total. The molecule has 0 aromatic carbocycles. The summed E-state index contributed by atoms with van der Waals surface area (Å²) in [6.45, 7) is 9.90. The summed E-state index contributed by atoms with van der Waals surface area (Å²) < 4.78 is 1.03. The number of aromatic nitrogens is 1. The Bertz CT molecular complexity index is 441. The van der Waals surface area contributed by atoms with E-state index in [0.29, 0.717) is 12.1 Å². The quantitative estimate of drug-likeness (QED) is 0.778. The third-order valence-corrected chi connectivity index (χ3v) is 3.63. The minimum Gasteiger partial charge on any atom is -0.350 e. The molecule has 0 amide bonds. The highest BCUT2D eigenvalue weighted by molar-refractivity contribution is 9.10. The first-order valence-electron chi connectivity index (χ1n) is 6.87. The van der Waals surface area contributed by atoms with Crippen molar-refractivity contribution in [3.63, 3.8) is 0 Å². The van der Waals surface area contributed by atoms with E-state index >= 15 is 0 Å². The van der Waals surface area contributed by atoms with Gasteiger partial charge in [-0.1, -0.05) is 19.9 Å². The third-order valence-electron chi connectivity index (χ3n) is 3.20. The second kappa shape index (κ2) is 6.53. The first-order chi connectivity index (χ1) is 9.11. The number of rotatable bonds is 7. The summed E-state index contributed by atoms with van der Waals surface area (Å²) in [6, 6.07) is 3.28. The van der Waals surface area contributed by atoms with Crippen LogP contribution in [0.5, 0.6) is 0 Å². The van der Waals surface area contributed by atoms with Crippen molar-refractivity contribution < 1.29 is 0 Å². The van der Waals surface area contributed by atoms with Gasteiger partial charge in [-0.25, -0.2) is 4.98 Å². The van der Waals surface area contributed by atoms with Gasteiger partial charge in [-0.15, -0.1) is 6.58 Å². The van der Waals surface area contributed by atoms with Gasteiger partial charge in [0.2, 0.25) is 0 Å².